The third kappa shape index (κ3) is 3.55. The molecule has 0 aliphatic heterocycles. The van der Waals surface area contributed by atoms with E-state index in [1.54, 1.807) is 11.6 Å². The molecule has 0 aromatic carbocycles. The van der Waals surface area contributed by atoms with Crippen LogP contribution in [0.25, 0.3) is 0 Å². The fourth-order valence-electron chi connectivity index (χ4n) is 2.47. The van der Waals surface area contributed by atoms with Crippen LogP contribution >= 0.6 is 0 Å². The maximum atomic E-state index is 12.4. The number of nitrogens with zero attached hydrogens (tertiary/aromatic N) is 5. The smallest absolute Gasteiger partial charge is 0.358 e. The Hall–Kier alpha value is -2.71. The summed E-state index contributed by atoms with van der Waals surface area (Å²) in [6, 6.07) is 2.67. The van der Waals surface area contributed by atoms with E-state index in [9.17, 15) is 14.9 Å². The van der Waals surface area contributed by atoms with Crippen LogP contribution in [-0.2, 0) is 18.4 Å². The van der Waals surface area contributed by atoms with Crippen molar-refractivity contribution >= 4 is 11.7 Å². The van der Waals surface area contributed by atoms with E-state index in [-0.39, 0.29) is 11.7 Å². The second-order valence-electron chi connectivity index (χ2n) is 5.39. The van der Waals surface area contributed by atoms with E-state index >= 15 is 0 Å². The summed E-state index contributed by atoms with van der Waals surface area (Å²) in [4.78, 5) is 22.7. The number of nitrogens with one attached hydrogen (secondary N) is 1. The van der Waals surface area contributed by atoms with Crippen molar-refractivity contribution in [1.29, 1.82) is 0 Å². The van der Waals surface area contributed by atoms with Crippen molar-refractivity contribution in [3.63, 3.8) is 0 Å². The zero-order chi connectivity index (χ0) is 17.1. The Labute approximate surface area is 133 Å². The molecule has 0 spiro atoms. The van der Waals surface area contributed by atoms with Gasteiger partial charge in [0.2, 0.25) is 5.91 Å². The number of rotatable bonds is 6. The number of hydrogen-bond donors (Lipinski definition) is 1. The van der Waals surface area contributed by atoms with Gasteiger partial charge in [-0.05, 0) is 31.3 Å². The predicted octanol–water partition coefficient (Wildman–Crippen LogP) is 1.41. The van der Waals surface area contributed by atoms with Crippen LogP contribution in [0.4, 0.5) is 5.82 Å². The first-order valence-electron chi connectivity index (χ1n) is 7.31. The SMILES string of the molecule is CCC(C(=O)NCc1cc(C)nn1C)n1nc([N+](=O)[O-])cc1C. The van der Waals surface area contributed by atoms with Crippen molar-refractivity contribution in [2.75, 3.05) is 0 Å². The molecule has 0 radical (unpaired) electrons. The van der Waals surface area contributed by atoms with Crippen molar-refractivity contribution in [3.05, 3.63) is 39.3 Å². The van der Waals surface area contributed by atoms with E-state index in [1.807, 2.05) is 27.0 Å². The van der Waals surface area contributed by atoms with Crippen molar-refractivity contribution in [2.45, 2.75) is 39.8 Å². The zero-order valence-electron chi connectivity index (χ0n) is 13.6. The Balaban J connectivity index is 2.12. The molecule has 2 rings (SSSR count). The molecule has 0 bridgehead atoms. The van der Waals surface area contributed by atoms with Crippen molar-refractivity contribution in [3.8, 4) is 0 Å². The molecule has 0 fully saturated rings. The third-order valence-electron chi connectivity index (χ3n) is 3.62. The minimum atomic E-state index is -0.585. The van der Waals surface area contributed by atoms with Gasteiger partial charge in [0.1, 0.15) is 0 Å². The highest BCUT2D eigenvalue weighted by atomic mass is 16.6. The highest BCUT2D eigenvalue weighted by Gasteiger charge is 2.26. The number of aryl methyl sites for hydroxylation is 3. The highest BCUT2D eigenvalue weighted by Crippen LogP contribution is 2.19. The lowest BCUT2D eigenvalue weighted by Gasteiger charge is -2.14. The van der Waals surface area contributed by atoms with Crippen LogP contribution in [0.15, 0.2) is 12.1 Å². The third-order valence-corrected chi connectivity index (χ3v) is 3.62. The summed E-state index contributed by atoms with van der Waals surface area (Å²) in [5.41, 5.74) is 2.34. The molecule has 2 aromatic rings. The Morgan fingerprint density at radius 3 is 2.57 bits per heavy atom. The van der Waals surface area contributed by atoms with E-state index in [0.29, 0.717) is 18.7 Å². The molecular weight excluding hydrogens is 300 g/mol. The van der Waals surface area contributed by atoms with Gasteiger partial charge in [0.15, 0.2) is 6.04 Å². The van der Waals surface area contributed by atoms with Gasteiger partial charge in [-0.2, -0.15) is 9.78 Å². The molecule has 9 heteroatoms. The lowest BCUT2D eigenvalue weighted by molar-refractivity contribution is -0.389. The van der Waals surface area contributed by atoms with Crippen molar-refractivity contribution in [1.82, 2.24) is 24.9 Å². The van der Waals surface area contributed by atoms with Gasteiger partial charge in [0.05, 0.1) is 34.8 Å². The Morgan fingerprint density at radius 2 is 2.09 bits per heavy atom. The first kappa shape index (κ1) is 16.7. The largest absolute Gasteiger partial charge is 0.390 e. The number of nitro groups is 1. The molecule has 124 valence electrons. The monoisotopic (exact) mass is 320 g/mol. The molecule has 1 unspecified atom stereocenters. The second-order valence-corrected chi connectivity index (χ2v) is 5.39. The number of aromatic nitrogens is 4. The average Bonchev–Trinajstić information content (AvgIpc) is 3.01. The van der Waals surface area contributed by atoms with E-state index in [1.165, 1.54) is 10.7 Å². The summed E-state index contributed by atoms with van der Waals surface area (Å²) in [7, 11) is 1.81. The quantitative estimate of drug-likeness (QED) is 0.639. The van der Waals surface area contributed by atoms with Crippen LogP contribution in [0.3, 0.4) is 0 Å². The fourth-order valence-corrected chi connectivity index (χ4v) is 2.47. The lowest BCUT2D eigenvalue weighted by atomic mass is 10.2. The van der Waals surface area contributed by atoms with E-state index < -0.39 is 11.0 Å². The lowest BCUT2D eigenvalue weighted by Crippen LogP contribution is -2.33. The average molecular weight is 320 g/mol. The molecule has 0 aliphatic carbocycles. The van der Waals surface area contributed by atoms with E-state index in [2.05, 4.69) is 15.5 Å². The molecule has 9 nitrogen and oxygen atoms in total. The Kier molecular flexibility index (Phi) is 4.77. The molecule has 2 aromatic heterocycles. The molecule has 23 heavy (non-hydrogen) atoms. The minimum absolute atomic E-state index is 0.229. The van der Waals surface area contributed by atoms with Gasteiger partial charge in [-0.25, -0.2) is 0 Å². The van der Waals surface area contributed by atoms with Gasteiger partial charge in [0.25, 0.3) is 0 Å². The summed E-state index contributed by atoms with van der Waals surface area (Å²) < 4.78 is 3.11. The minimum Gasteiger partial charge on any atom is -0.358 e. The molecule has 1 atom stereocenters. The molecule has 0 saturated heterocycles. The normalized spacial score (nSPS) is 12.2. The van der Waals surface area contributed by atoms with Crippen LogP contribution in [0.1, 0.15) is 36.5 Å². The Morgan fingerprint density at radius 1 is 1.39 bits per heavy atom. The summed E-state index contributed by atoms with van der Waals surface area (Å²) >= 11 is 0. The number of hydrogen-bond acceptors (Lipinski definition) is 5. The van der Waals surface area contributed by atoms with Crippen molar-refractivity contribution < 1.29 is 9.72 Å². The standard InChI is InChI=1S/C14H20N6O3/c1-5-12(19-10(3)7-13(17-19)20(22)23)14(21)15-8-11-6-9(2)16-18(11)4/h6-7,12H,5,8H2,1-4H3,(H,15,21). The van der Waals surface area contributed by atoms with Crippen LogP contribution in [0, 0.1) is 24.0 Å². The summed E-state index contributed by atoms with van der Waals surface area (Å²) in [5.74, 6) is -0.483. The summed E-state index contributed by atoms with van der Waals surface area (Å²) in [6.07, 6.45) is 0.482. The van der Waals surface area contributed by atoms with Crippen LogP contribution in [-0.4, -0.2) is 30.4 Å². The van der Waals surface area contributed by atoms with Crippen LogP contribution in [0.2, 0.25) is 0 Å². The highest BCUT2D eigenvalue weighted by molar-refractivity contribution is 5.80. The number of amides is 1. The van der Waals surface area contributed by atoms with Crippen molar-refractivity contribution in [2.24, 2.45) is 7.05 Å². The number of carbonyl (C=O) groups excluding carboxylic acids is 1. The molecule has 0 aliphatic rings. The first-order valence-corrected chi connectivity index (χ1v) is 7.31. The first-order chi connectivity index (χ1) is 10.8. The van der Waals surface area contributed by atoms with Gasteiger partial charge in [-0.15, -0.1) is 0 Å². The maximum absolute atomic E-state index is 12.4. The molecule has 2 heterocycles. The van der Waals surface area contributed by atoms with Crippen LogP contribution < -0.4 is 5.32 Å². The second kappa shape index (κ2) is 6.59. The number of carbonyl (C=O) groups is 1. The molecule has 1 N–H and O–H groups in total. The van der Waals surface area contributed by atoms with Gasteiger partial charge in [-0.1, -0.05) is 6.92 Å². The molecule has 1 amide bonds. The van der Waals surface area contributed by atoms with Crippen LogP contribution in [0.5, 0.6) is 0 Å². The predicted molar refractivity (Wildman–Crippen MR) is 82.7 cm³/mol. The Bertz CT molecular complexity index is 733. The van der Waals surface area contributed by atoms with Gasteiger partial charge in [0, 0.05) is 7.05 Å². The molecule has 0 saturated carbocycles. The van der Waals surface area contributed by atoms with E-state index in [0.717, 1.165) is 11.4 Å². The zero-order valence-corrected chi connectivity index (χ0v) is 13.6. The summed E-state index contributed by atoms with van der Waals surface area (Å²) in [6.45, 7) is 5.76. The topological polar surface area (TPSA) is 108 Å². The van der Waals surface area contributed by atoms with E-state index in [4.69, 9.17) is 0 Å². The fraction of sp³-hybridized carbons (Fsp3) is 0.500. The summed E-state index contributed by atoms with van der Waals surface area (Å²) in [5, 5.41) is 21.8. The molecular formula is C14H20N6O3. The van der Waals surface area contributed by atoms with Gasteiger partial charge < -0.3 is 15.4 Å². The van der Waals surface area contributed by atoms with Gasteiger partial charge in [-0.3, -0.25) is 9.48 Å². The maximum Gasteiger partial charge on any atom is 0.390 e. The van der Waals surface area contributed by atoms with Gasteiger partial charge >= 0.3 is 5.82 Å².